The van der Waals surface area contributed by atoms with Crippen molar-refractivity contribution in [1.29, 1.82) is 0 Å². The molecule has 1 aromatic carbocycles. The Morgan fingerprint density at radius 2 is 1.74 bits per heavy atom. The number of nitrogens with zero attached hydrogens (tertiary/aromatic N) is 6. The summed E-state index contributed by atoms with van der Waals surface area (Å²) in [6, 6.07) is 6.95. The summed E-state index contributed by atoms with van der Waals surface area (Å²) < 4.78 is 10.8. The molecule has 0 bridgehead atoms. The SMILES string of the molecule is COc1ccc(CNc2nc(N3CCCC3COC(=O)CCCCCO[N+](=O)[O-])ncc2C(=O)NCc2ncccn2)cc1Cl.O=C(O)CC(O)(CC(=O)O)C(=O)O. The summed E-state index contributed by atoms with van der Waals surface area (Å²) in [5.74, 6) is -4.02. The van der Waals surface area contributed by atoms with Crippen LogP contribution in [-0.2, 0) is 41.8 Å². The average Bonchev–Trinajstić information content (AvgIpc) is 3.65. The van der Waals surface area contributed by atoms with Crippen molar-refractivity contribution < 1.29 is 63.8 Å². The Morgan fingerprint density at radius 1 is 1.03 bits per heavy atom. The minimum absolute atomic E-state index is 0.00562. The summed E-state index contributed by atoms with van der Waals surface area (Å²) in [6.45, 7) is 1.27. The van der Waals surface area contributed by atoms with Gasteiger partial charge in [0.05, 0.1) is 44.2 Å². The van der Waals surface area contributed by atoms with Crippen LogP contribution in [0.5, 0.6) is 5.75 Å². The van der Waals surface area contributed by atoms with Gasteiger partial charge in [-0.15, -0.1) is 10.1 Å². The molecule has 1 aliphatic rings. The molecule has 3 aromatic rings. The highest BCUT2D eigenvalue weighted by Gasteiger charge is 2.40. The number of methoxy groups -OCH3 is 1. The van der Waals surface area contributed by atoms with Crippen molar-refractivity contribution in [2.24, 2.45) is 0 Å². The molecule has 22 nitrogen and oxygen atoms in total. The first-order chi connectivity index (χ1) is 27.6. The lowest BCUT2D eigenvalue weighted by molar-refractivity contribution is -0.757. The summed E-state index contributed by atoms with van der Waals surface area (Å²) in [5.41, 5.74) is -1.65. The van der Waals surface area contributed by atoms with E-state index in [-0.39, 0.29) is 43.8 Å². The lowest BCUT2D eigenvalue weighted by atomic mass is 9.96. The van der Waals surface area contributed by atoms with Gasteiger partial charge in [0.2, 0.25) is 5.95 Å². The van der Waals surface area contributed by atoms with Gasteiger partial charge in [-0.05, 0) is 49.4 Å². The van der Waals surface area contributed by atoms with Crippen molar-refractivity contribution >= 4 is 53.2 Å². The Balaban J connectivity index is 0.000000594. The number of amides is 1. The number of nitrogens with one attached hydrogen (secondary N) is 2. The van der Waals surface area contributed by atoms with Crippen LogP contribution in [0.2, 0.25) is 5.02 Å². The number of rotatable bonds is 22. The zero-order valence-corrected chi connectivity index (χ0v) is 32.0. The number of anilines is 2. The normalized spacial score (nSPS) is 13.4. The molecule has 3 heterocycles. The van der Waals surface area contributed by atoms with Gasteiger partial charge in [0.15, 0.2) is 5.60 Å². The minimum Gasteiger partial charge on any atom is -0.495 e. The molecule has 314 valence electrons. The average molecular weight is 835 g/mol. The number of esters is 1. The first-order valence-electron chi connectivity index (χ1n) is 17.7. The molecule has 1 amide bonds. The number of unbranched alkanes of at least 4 members (excludes halogenated alkanes) is 2. The van der Waals surface area contributed by atoms with Crippen LogP contribution in [0.25, 0.3) is 0 Å². The number of benzene rings is 1. The second-order valence-electron chi connectivity index (χ2n) is 12.6. The molecule has 23 heteroatoms. The Hall–Kier alpha value is -6.42. The van der Waals surface area contributed by atoms with E-state index >= 15 is 0 Å². The van der Waals surface area contributed by atoms with Crippen LogP contribution in [-0.4, -0.2) is 114 Å². The van der Waals surface area contributed by atoms with Crippen LogP contribution in [0.1, 0.15) is 73.1 Å². The van der Waals surface area contributed by atoms with E-state index in [0.29, 0.717) is 60.7 Å². The summed E-state index contributed by atoms with van der Waals surface area (Å²) in [5, 5.41) is 49.7. The second-order valence-corrected chi connectivity index (χ2v) is 13.0. The van der Waals surface area contributed by atoms with Crippen molar-refractivity contribution in [3.05, 3.63) is 74.9 Å². The molecule has 0 radical (unpaired) electrons. The number of aromatic nitrogens is 4. The number of carboxylic acid groups (broad SMARTS) is 3. The standard InChI is InChI=1S/C29H35ClN8O7.C6H8O7/c1-43-24-10-9-20(15-23(24)30)16-33-27-22(28(40)34-18-25-31-11-6-12-32-25)17-35-29(36-27)37-13-5-7-21(37)19-44-26(39)8-3-2-4-14-45-38(41)42;7-3(8)1-6(13,5(11)12)2-4(9)10/h6,9-12,15,17,21H,2-5,7-8,13-14,16,18-19H2,1H3,(H,34,40)(H,33,35,36);13H,1-2H2,(H,7,8)(H,9,10)(H,11,12). The van der Waals surface area contributed by atoms with Gasteiger partial charge in [0, 0.05) is 38.1 Å². The summed E-state index contributed by atoms with van der Waals surface area (Å²) in [4.78, 5) is 90.0. The molecular formula is C35H43ClN8O14. The number of hydrogen-bond acceptors (Lipinski definition) is 17. The highest BCUT2D eigenvalue weighted by molar-refractivity contribution is 6.32. The lowest BCUT2D eigenvalue weighted by Crippen LogP contribution is -2.42. The van der Waals surface area contributed by atoms with Gasteiger partial charge in [-0.1, -0.05) is 24.1 Å². The van der Waals surface area contributed by atoms with E-state index in [1.165, 1.54) is 6.20 Å². The molecule has 2 aromatic heterocycles. The molecule has 6 N–H and O–H groups in total. The second kappa shape index (κ2) is 23.0. The van der Waals surface area contributed by atoms with Crippen molar-refractivity contribution in [3.63, 3.8) is 0 Å². The zero-order chi connectivity index (χ0) is 42.7. The molecule has 0 saturated carbocycles. The molecule has 1 atom stereocenters. The van der Waals surface area contributed by atoms with Crippen LogP contribution in [0, 0.1) is 10.1 Å². The molecule has 1 unspecified atom stereocenters. The van der Waals surface area contributed by atoms with E-state index in [9.17, 15) is 34.1 Å². The summed E-state index contributed by atoms with van der Waals surface area (Å²) in [6.07, 6.45) is 5.87. The number of ether oxygens (including phenoxy) is 2. The third-order valence-corrected chi connectivity index (χ3v) is 8.60. The lowest BCUT2D eigenvalue weighted by Gasteiger charge is -2.25. The molecule has 58 heavy (non-hydrogen) atoms. The highest BCUT2D eigenvalue weighted by Crippen LogP contribution is 2.28. The van der Waals surface area contributed by atoms with Gasteiger partial charge >= 0.3 is 23.9 Å². The first kappa shape index (κ1) is 46.0. The van der Waals surface area contributed by atoms with Gasteiger partial charge in [-0.25, -0.2) is 19.7 Å². The fourth-order valence-corrected chi connectivity index (χ4v) is 5.71. The molecule has 1 fully saturated rings. The fourth-order valence-electron chi connectivity index (χ4n) is 5.43. The van der Waals surface area contributed by atoms with Gasteiger partial charge in [-0.2, -0.15) is 4.98 Å². The number of carboxylic acids is 3. The highest BCUT2D eigenvalue weighted by atomic mass is 35.5. The number of carbonyl (C=O) groups is 5. The predicted octanol–water partition coefficient (Wildman–Crippen LogP) is 2.50. The van der Waals surface area contributed by atoms with Gasteiger partial charge < -0.3 is 50.3 Å². The van der Waals surface area contributed by atoms with Crippen LogP contribution >= 0.6 is 11.6 Å². The topological polar surface area (TPSA) is 316 Å². The van der Waals surface area contributed by atoms with E-state index in [0.717, 1.165) is 18.4 Å². The molecular weight excluding hydrogens is 792 g/mol. The van der Waals surface area contributed by atoms with Crippen molar-refractivity contribution in [1.82, 2.24) is 25.3 Å². The maximum atomic E-state index is 13.2. The van der Waals surface area contributed by atoms with Crippen LogP contribution < -0.4 is 20.3 Å². The Bertz CT molecular complexity index is 1870. The third kappa shape index (κ3) is 15.3. The van der Waals surface area contributed by atoms with Crippen molar-refractivity contribution in [2.45, 2.75) is 76.1 Å². The molecule has 4 rings (SSSR count). The number of carbonyl (C=O) groups excluding carboxylic acids is 2. The van der Waals surface area contributed by atoms with Crippen LogP contribution in [0.4, 0.5) is 11.8 Å². The number of hydrogen-bond donors (Lipinski definition) is 6. The van der Waals surface area contributed by atoms with Crippen molar-refractivity contribution in [3.8, 4) is 5.75 Å². The summed E-state index contributed by atoms with van der Waals surface area (Å²) in [7, 11) is 1.54. The zero-order valence-electron chi connectivity index (χ0n) is 31.2. The Morgan fingerprint density at radius 3 is 2.36 bits per heavy atom. The largest absolute Gasteiger partial charge is 0.495 e. The number of halogens is 1. The van der Waals surface area contributed by atoms with E-state index in [2.05, 4.69) is 30.4 Å². The fraction of sp³-hybridized carbons (Fsp3) is 0.457. The van der Waals surface area contributed by atoms with E-state index < -0.39 is 47.3 Å². The number of aliphatic carboxylic acids is 3. The van der Waals surface area contributed by atoms with Crippen LogP contribution in [0.3, 0.4) is 0 Å². The molecule has 0 spiro atoms. The molecule has 1 saturated heterocycles. The van der Waals surface area contributed by atoms with E-state index in [1.807, 2.05) is 11.0 Å². The first-order valence-corrected chi connectivity index (χ1v) is 18.1. The maximum Gasteiger partial charge on any atom is 0.336 e. The third-order valence-electron chi connectivity index (χ3n) is 8.30. The quantitative estimate of drug-likeness (QED) is 0.0366. The van der Waals surface area contributed by atoms with E-state index in [4.69, 9.17) is 46.5 Å². The Kier molecular flexibility index (Phi) is 18.2. The summed E-state index contributed by atoms with van der Waals surface area (Å²) >= 11 is 6.31. The smallest absolute Gasteiger partial charge is 0.336 e. The van der Waals surface area contributed by atoms with Gasteiger partial charge in [-0.3, -0.25) is 19.2 Å². The Labute approximate surface area is 335 Å². The number of aliphatic hydroxyl groups is 1. The van der Waals surface area contributed by atoms with Gasteiger partial charge in [0.25, 0.3) is 11.0 Å². The van der Waals surface area contributed by atoms with Gasteiger partial charge in [0.1, 0.15) is 29.6 Å². The molecule has 0 aliphatic carbocycles. The van der Waals surface area contributed by atoms with Crippen LogP contribution in [0.15, 0.2) is 42.9 Å². The minimum atomic E-state index is -2.74. The monoisotopic (exact) mass is 834 g/mol. The molecule has 1 aliphatic heterocycles. The van der Waals surface area contributed by atoms with E-state index in [1.54, 1.807) is 37.7 Å². The predicted molar refractivity (Wildman–Crippen MR) is 200 cm³/mol. The maximum absolute atomic E-state index is 13.2. The van der Waals surface area contributed by atoms with Crippen molar-refractivity contribution in [2.75, 3.05) is 37.1 Å².